The van der Waals surface area contributed by atoms with Gasteiger partial charge >= 0.3 is 0 Å². The van der Waals surface area contributed by atoms with E-state index in [1.54, 1.807) is 30.3 Å². The molecule has 1 amide bonds. The van der Waals surface area contributed by atoms with Gasteiger partial charge in [-0.05, 0) is 67.7 Å². The molecule has 7 N–H and O–H groups in total. The molecule has 0 saturated heterocycles. The van der Waals surface area contributed by atoms with Gasteiger partial charge in [0.25, 0.3) is 5.91 Å². The predicted molar refractivity (Wildman–Crippen MR) is 148 cm³/mol. The molecule has 0 radical (unpaired) electrons. The number of benzene rings is 2. The molecule has 3 aliphatic rings. The van der Waals surface area contributed by atoms with Crippen LogP contribution in [0, 0.1) is 11.8 Å². The highest BCUT2D eigenvalue weighted by Gasteiger charge is 2.64. The number of hydrogen-bond acceptors (Lipinski definition) is 10. The fourth-order valence-corrected chi connectivity index (χ4v) is 7.01. The number of carbonyl (C=O) groups excluding carboxylic acids is 3. The smallest absolute Gasteiger partial charge is 0.255 e. The highest BCUT2D eigenvalue weighted by Crippen LogP contribution is 2.53. The highest BCUT2D eigenvalue weighted by molar-refractivity contribution is 7.92. The number of sulfonamides is 1. The van der Waals surface area contributed by atoms with E-state index in [1.165, 1.54) is 25.1 Å². The van der Waals surface area contributed by atoms with E-state index >= 15 is 0 Å². The lowest BCUT2D eigenvalue weighted by atomic mass is 9.57. The van der Waals surface area contributed by atoms with Crippen LogP contribution >= 0.6 is 0 Å². The summed E-state index contributed by atoms with van der Waals surface area (Å²) in [4.78, 5) is 40.7. The van der Waals surface area contributed by atoms with Crippen molar-refractivity contribution < 1.29 is 43.2 Å². The average molecular weight is 584 g/mol. The van der Waals surface area contributed by atoms with Gasteiger partial charge in [-0.2, -0.15) is 0 Å². The zero-order valence-corrected chi connectivity index (χ0v) is 23.2. The van der Waals surface area contributed by atoms with Crippen molar-refractivity contribution in [2.24, 2.45) is 17.6 Å². The Morgan fingerprint density at radius 2 is 1.71 bits per heavy atom. The maximum atomic E-state index is 13.9. The van der Waals surface area contributed by atoms with Crippen LogP contribution in [0.4, 0.5) is 5.69 Å². The van der Waals surface area contributed by atoms with Gasteiger partial charge in [-0.3, -0.25) is 24.0 Å². The third kappa shape index (κ3) is 4.28. The molecule has 0 unspecified atom stereocenters. The van der Waals surface area contributed by atoms with Gasteiger partial charge in [0.1, 0.15) is 22.8 Å². The number of aromatic hydroxyl groups is 1. The molecule has 2 aromatic rings. The van der Waals surface area contributed by atoms with Gasteiger partial charge in [0.15, 0.2) is 11.4 Å². The third-order valence-corrected chi connectivity index (χ3v) is 8.71. The number of nitrogens with zero attached hydrogens (tertiary/aromatic N) is 1. The molecule has 12 nitrogen and oxygen atoms in total. The topological polar surface area (TPSA) is 208 Å². The van der Waals surface area contributed by atoms with Crippen molar-refractivity contribution >= 4 is 38.9 Å². The molecule has 3 aliphatic carbocycles. The number of ketones is 2. The van der Waals surface area contributed by atoms with Crippen molar-refractivity contribution in [1.82, 2.24) is 4.90 Å². The summed E-state index contributed by atoms with van der Waals surface area (Å²) in [5, 5.41) is 44.7. The monoisotopic (exact) mass is 583 g/mol. The van der Waals surface area contributed by atoms with Gasteiger partial charge in [0, 0.05) is 17.2 Å². The standard InChI is InChI=1S/C28H29N3O9S/c1-31(2)22-17-11-13-10-16-15(12-4-6-14(7-5-12)30-41(3,39)40)8-9-18(32)20(16)23(33)19(13)25(35)28(17,38)26(36)21(24(22)34)27(29)37/h4-9,13,17,22,30,32-33,36,38H,10-11H2,1-3H3,(H2,29,37)/t13-,17-,22-,28-/m0/s1. The second kappa shape index (κ2) is 9.43. The van der Waals surface area contributed by atoms with Crippen molar-refractivity contribution in [3.63, 3.8) is 0 Å². The number of primary amides is 1. The van der Waals surface area contributed by atoms with Gasteiger partial charge < -0.3 is 26.2 Å². The minimum absolute atomic E-state index is 0.0297. The number of carbonyl (C=O) groups is 3. The summed E-state index contributed by atoms with van der Waals surface area (Å²) in [6, 6.07) is 8.24. The number of rotatable bonds is 5. The van der Waals surface area contributed by atoms with Crippen LogP contribution in [-0.2, 0) is 30.8 Å². The Kier molecular flexibility index (Phi) is 6.52. The van der Waals surface area contributed by atoms with E-state index < -0.39 is 68.1 Å². The molecule has 41 heavy (non-hydrogen) atoms. The summed E-state index contributed by atoms with van der Waals surface area (Å²) >= 11 is 0. The SMILES string of the molecule is CN(C)[C@@H]1C(=O)C(C(N)=O)=C(O)[C@@]2(O)C(=O)C3=C(O)c4c(O)ccc(-c5ccc(NS(C)(=O)=O)cc5)c4C[C@H]3C[C@@H]12. The van der Waals surface area contributed by atoms with Crippen molar-refractivity contribution in [1.29, 1.82) is 0 Å². The second-order valence-electron chi connectivity index (χ2n) is 10.9. The lowest BCUT2D eigenvalue weighted by Gasteiger charge is -2.50. The molecule has 0 bridgehead atoms. The number of hydrogen-bond donors (Lipinski definition) is 6. The number of aliphatic hydroxyl groups excluding tert-OH is 2. The van der Waals surface area contributed by atoms with E-state index in [4.69, 9.17) is 5.73 Å². The van der Waals surface area contributed by atoms with Crippen molar-refractivity contribution in [3.05, 3.63) is 64.4 Å². The van der Waals surface area contributed by atoms with E-state index in [1.807, 2.05) is 0 Å². The molecule has 13 heteroatoms. The molecule has 0 aromatic heterocycles. The minimum atomic E-state index is -3.49. The third-order valence-electron chi connectivity index (χ3n) is 8.10. The average Bonchev–Trinajstić information content (AvgIpc) is 2.85. The van der Waals surface area contributed by atoms with Crippen LogP contribution in [-0.4, -0.2) is 83.2 Å². The first-order valence-electron chi connectivity index (χ1n) is 12.7. The van der Waals surface area contributed by atoms with Crippen LogP contribution in [0.25, 0.3) is 16.9 Å². The number of Topliss-reactive ketones (excluding diaryl/α,β-unsaturated/α-hetero) is 2. The number of phenols is 1. The Balaban J connectivity index is 1.67. The number of nitrogens with two attached hydrogens (primary N) is 1. The van der Waals surface area contributed by atoms with Crippen LogP contribution in [0.15, 0.2) is 53.3 Å². The first kappa shape index (κ1) is 28.3. The normalized spacial score (nSPS) is 26.0. The van der Waals surface area contributed by atoms with E-state index in [2.05, 4.69) is 4.72 Å². The lowest BCUT2D eigenvalue weighted by molar-refractivity contribution is -0.153. The largest absolute Gasteiger partial charge is 0.508 e. The molecule has 4 atom stereocenters. The van der Waals surface area contributed by atoms with Gasteiger partial charge in [0.2, 0.25) is 15.8 Å². The molecule has 2 aromatic carbocycles. The predicted octanol–water partition coefficient (Wildman–Crippen LogP) is 1.00. The summed E-state index contributed by atoms with van der Waals surface area (Å²) in [6.45, 7) is 0. The minimum Gasteiger partial charge on any atom is -0.508 e. The zero-order valence-electron chi connectivity index (χ0n) is 22.4. The molecular formula is C28H29N3O9S. The quantitative estimate of drug-likeness (QED) is 0.275. The van der Waals surface area contributed by atoms with E-state index in [9.17, 15) is 43.2 Å². The van der Waals surface area contributed by atoms with Gasteiger partial charge in [-0.25, -0.2) is 8.42 Å². The van der Waals surface area contributed by atoms with Crippen LogP contribution in [0.3, 0.4) is 0 Å². The number of amides is 1. The molecule has 0 heterocycles. The first-order chi connectivity index (χ1) is 19.1. The molecule has 0 aliphatic heterocycles. The fourth-order valence-electron chi connectivity index (χ4n) is 6.45. The lowest BCUT2D eigenvalue weighted by Crippen LogP contribution is -2.65. The molecule has 1 fully saturated rings. The zero-order chi connectivity index (χ0) is 30.2. The van der Waals surface area contributed by atoms with Crippen molar-refractivity contribution in [2.75, 3.05) is 25.1 Å². The summed E-state index contributed by atoms with van der Waals surface area (Å²) in [7, 11) is -0.424. The maximum absolute atomic E-state index is 13.9. The first-order valence-corrected chi connectivity index (χ1v) is 14.5. The number of aliphatic hydroxyl groups is 3. The van der Waals surface area contributed by atoms with Gasteiger partial charge in [-0.15, -0.1) is 0 Å². The van der Waals surface area contributed by atoms with Crippen LogP contribution in [0.5, 0.6) is 5.75 Å². The number of likely N-dealkylation sites (N-methyl/N-ethyl adjacent to an activating group) is 1. The van der Waals surface area contributed by atoms with Gasteiger partial charge in [0.05, 0.1) is 17.9 Å². The molecule has 0 spiro atoms. The van der Waals surface area contributed by atoms with Crippen molar-refractivity contribution in [2.45, 2.75) is 24.5 Å². The number of phenolic OH excluding ortho intramolecular Hbond substituents is 1. The number of anilines is 1. The Morgan fingerprint density at radius 1 is 1.07 bits per heavy atom. The Morgan fingerprint density at radius 3 is 2.27 bits per heavy atom. The Hall–Kier alpha value is -4.20. The summed E-state index contributed by atoms with van der Waals surface area (Å²) in [6.07, 6.45) is 1.13. The number of nitrogens with one attached hydrogen (secondary N) is 1. The summed E-state index contributed by atoms with van der Waals surface area (Å²) < 4.78 is 25.5. The summed E-state index contributed by atoms with van der Waals surface area (Å²) in [5.74, 6) is -7.16. The molecule has 216 valence electrons. The molecule has 1 saturated carbocycles. The molecule has 5 rings (SSSR count). The van der Waals surface area contributed by atoms with Crippen molar-refractivity contribution in [3.8, 4) is 16.9 Å². The Bertz CT molecular complexity index is 1690. The number of fused-ring (bicyclic) bond motifs is 3. The van der Waals surface area contributed by atoms with E-state index in [-0.39, 0.29) is 29.7 Å². The Labute approximate surface area is 235 Å². The van der Waals surface area contributed by atoms with Gasteiger partial charge in [-0.1, -0.05) is 18.2 Å². The van der Waals surface area contributed by atoms with Crippen LogP contribution in [0.2, 0.25) is 0 Å². The highest BCUT2D eigenvalue weighted by atomic mass is 32.2. The van der Waals surface area contributed by atoms with E-state index in [0.717, 1.165) is 6.26 Å². The van der Waals surface area contributed by atoms with E-state index in [0.29, 0.717) is 22.4 Å². The van der Waals surface area contributed by atoms with Crippen LogP contribution < -0.4 is 10.5 Å². The van der Waals surface area contributed by atoms with Crippen LogP contribution in [0.1, 0.15) is 17.5 Å². The summed E-state index contributed by atoms with van der Waals surface area (Å²) in [5.41, 5.74) is 3.58. The second-order valence-corrected chi connectivity index (χ2v) is 12.6. The fraction of sp³-hybridized carbons (Fsp3) is 0.321. The maximum Gasteiger partial charge on any atom is 0.255 e. The molecular weight excluding hydrogens is 554 g/mol.